The molecule has 0 atom stereocenters. The van der Waals surface area contributed by atoms with Crippen LogP contribution in [0.5, 0.6) is 0 Å². The quantitative estimate of drug-likeness (QED) is 0.237. The molecule has 2 aromatic heterocycles. The first-order valence-corrected chi connectivity index (χ1v) is 11.3. The average Bonchev–Trinajstić information content (AvgIpc) is 3.55. The van der Waals surface area contributed by atoms with Crippen LogP contribution in [-0.2, 0) is 11.2 Å². The van der Waals surface area contributed by atoms with Crippen LogP contribution in [0.2, 0.25) is 0 Å². The van der Waals surface area contributed by atoms with E-state index >= 15 is 0 Å². The number of para-hydroxylation sites is 1. The van der Waals surface area contributed by atoms with Crippen molar-refractivity contribution in [3.63, 3.8) is 0 Å². The summed E-state index contributed by atoms with van der Waals surface area (Å²) in [6, 6.07) is 16.2. The molecule has 33 heavy (non-hydrogen) atoms. The number of hydrogen-bond donors (Lipinski definition) is 0. The fourth-order valence-corrected chi connectivity index (χ4v) is 4.76. The number of anilines is 1. The summed E-state index contributed by atoms with van der Waals surface area (Å²) in [6.45, 7) is 2.37. The zero-order chi connectivity index (χ0) is 22.9. The van der Waals surface area contributed by atoms with E-state index in [-0.39, 0.29) is 17.3 Å². The SMILES string of the molecule is Cc1occc1-c1nnc(SCC(=O)N2CCc3cc([N+](=O)[O-])ccc32)n1-c1ccccc1. The van der Waals surface area contributed by atoms with Crippen molar-refractivity contribution >= 4 is 29.0 Å². The van der Waals surface area contributed by atoms with Crippen LogP contribution >= 0.6 is 11.8 Å². The molecule has 10 heteroatoms. The Morgan fingerprint density at radius 2 is 2.00 bits per heavy atom. The van der Waals surface area contributed by atoms with Crippen LogP contribution in [0.1, 0.15) is 11.3 Å². The third kappa shape index (κ3) is 3.89. The lowest BCUT2D eigenvalue weighted by Crippen LogP contribution is -2.30. The highest BCUT2D eigenvalue weighted by molar-refractivity contribution is 7.99. The molecule has 0 aliphatic carbocycles. The molecule has 5 rings (SSSR count). The van der Waals surface area contributed by atoms with Crippen LogP contribution in [0.3, 0.4) is 0 Å². The third-order valence-electron chi connectivity index (χ3n) is 5.54. The van der Waals surface area contributed by atoms with Gasteiger partial charge in [0.25, 0.3) is 5.69 Å². The molecule has 0 saturated heterocycles. The zero-order valence-corrected chi connectivity index (χ0v) is 18.5. The maximum absolute atomic E-state index is 13.0. The molecule has 4 aromatic rings. The number of benzene rings is 2. The Morgan fingerprint density at radius 3 is 2.73 bits per heavy atom. The highest BCUT2D eigenvalue weighted by Crippen LogP contribution is 2.33. The number of hydrogen-bond acceptors (Lipinski definition) is 7. The number of nitrogens with zero attached hydrogens (tertiary/aromatic N) is 5. The van der Waals surface area contributed by atoms with Crippen molar-refractivity contribution in [1.29, 1.82) is 0 Å². The Labute approximate surface area is 193 Å². The Hall–Kier alpha value is -3.92. The number of aromatic nitrogens is 3. The third-order valence-corrected chi connectivity index (χ3v) is 6.46. The fraction of sp³-hybridized carbons (Fsp3) is 0.174. The van der Waals surface area contributed by atoms with Gasteiger partial charge in [0, 0.05) is 30.1 Å². The summed E-state index contributed by atoms with van der Waals surface area (Å²) in [5.74, 6) is 1.44. The van der Waals surface area contributed by atoms with E-state index in [0.29, 0.717) is 23.9 Å². The fourth-order valence-electron chi connectivity index (χ4n) is 3.93. The van der Waals surface area contributed by atoms with Crippen molar-refractivity contribution < 1.29 is 14.1 Å². The lowest BCUT2D eigenvalue weighted by molar-refractivity contribution is -0.384. The van der Waals surface area contributed by atoms with Crippen LogP contribution in [0.4, 0.5) is 11.4 Å². The maximum Gasteiger partial charge on any atom is 0.269 e. The molecule has 0 bridgehead atoms. The molecule has 0 spiro atoms. The van der Waals surface area contributed by atoms with E-state index in [0.717, 1.165) is 28.3 Å². The van der Waals surface area contributed by atoms with Crippen LogP contribution in [0, 0.1) is 17.0 Å². The minimum atomic E-state index is -0.420. The molecule has 0 unspecified atom stereocenters. The topological polar surface area (TPSA) is 107 Å². The van der Waals surface area contributed by atoms with Crippen LogP contribution in [-0.4, -0.2) is 37.9 Å². The van der Waals surface area contributed by atoms with Gasteiger partial charge in [0.1, 0.15) is 5.76 Å². The second kappa shape index (κ2) is 8.55. The number of non-ortho nitro benzene ring substituents is 1. The first-order chi connectivity index (χ1) is 16.0. The number of rotatable bonds is 6. The van der Waals surface area contributed by atoms with Crippen molar-refractivity contribution in [2.45, 2.75) is 18.5 Å². The van der Waals surface area contributed by atoms with Crippen LogP contribution < -0.4 is 4.90 Å². The van der Waals surface area contributed by atoms with E-state index < -0.39 is 4.92 Å². The van der Waals surface area contributed by atoms with Gasteiger partial charge in [-0.1, -0.05) is 30.0 Å². The molecule has 0 saturated carbocycles. The largest absolute Gasteiger partial charge is 0.469 e. The number of fused-ring (bicyclic) bond motifs is 1. The van der Waals surface area contributed by atoms with E-state index in [2.05, 4.69) is 10.2 Å². The number of carbonyl (C=O) groups excluding carboxylic acids is 1. The molecule has 2 aromatic carbocycles. The molecule has 166 valence electrons. The predicted molar refractivity (Wildman–Crippen MR) is 124 cm³/mol. The van der Waals surface area contributed by atoms with Gasteiger partial charge in [-0.15, -0.1) is 10.2 Å². The van der Waals surface area contributed by atoms with E-state index in [1.165, 1.54) is 17.8 Å². The monoisotopic (exact) mass is 461 g/mol. The molecule has 1 amide bonds. The minimum Gasteiger partial charge on any atom is -0.469 e. The van der Waals surface area contributed by atoms with Gasteiger partial charge in [-0.25, -0.2) is 0 Å². The lowest BCUT2D eigenvalue weighted by Gasteiger charge is -2.17. The number of thioether (sulfide) groups is 1. The lowest BCUT2D eigenvalue weighted by atomic mass is 10.1. The standard InChI is InChI=1S/C23H19N5O4S/c1-15-19(10-12-32-15)22-24-25-23(27(22)17-5-3-2-4-6-17)33-14-21(29)26-11-9-16-13-18(28(30)31)7-8-20(16)26/h2-8,10,12-13H,9,11,14H2,1H3. The Balaban J connectivity index is 1.40. The normalized spacial score (nSPS) is 12.7. The van der Waals surface area contributed by atoms with Crippen molar-refractivity contribution in [3.8, 4) is 17.1 Å². The second-order valence-electron chi connectivity index (χ2n) is 7.52. The summed E-state index contributed by atoms with van der Waals surface area (Å²) in [5.41, 5.74) is 3.29. The minimum absolute atomic E-state index is 0.0375. The Kier molecular flexibility index (Phi) is 5.43. The Morgan fingerprint density at radius 1 is 1.18 bits per heavy atom. The van der Waals surface area contributed by atoms with Crippen molar-refractivity contribution in [1.82, 2.24) is 14.8 Å². The predicted octanol–water partition coefficient (Wildman–Crippen LogP) is 4.43. The van der Waals surface area contributed by atoms with E-state index in [1.54, 1.807) is 23.3 Å². The molecule has 0 radical (unpaired) electrons. The van der Waals surface area contributed by atoms with E-state index in [4.69, 9.17) is 4.42 Å². The van der Waals surface area contributed by atoms with Gasteiger partial charge in [-0.05, 0) is 43.2 Å². The summed E-state index contributed by atoms with van der Waals surface area (Å²) in [7, 11) is 0. The molecule has 1 aliphatic rings. The maximum atomic E-state index is 13.0. The molecular formula is C23H19N5O4S. The zero-order valence-electron chi connectivity index (χ0n) is 17.7. The molecule has 3 heterocycles. The van der Waals surface area contributed by atoms with Gasteiger partial charge in [0.05, 0.1) is 22.5 Å². The van der Waals surface area contributed by atoms with Crippen molar-refractivity contribution in [3.05, 3.63) is 82.3 Å². The second-order valence-corrected chi connectivity index (χ2v) is 8.46. The van der Waals surface area contributed by atoms with Crippen LogP contribution in [0.25, 0.3) is 17.1 Å². The van der Waals surface area contributed by atoms with Gasteiger partial charge >= 0.3 is 0 Å². The van der Waals surface area contributed by atoms with Crippen molar-refractivity contribution in [2.75, 3.05) is 17.2 Å². The molecule has 9 nitrogen and oxygen atoms in total. The number of carbonyl (C=O) groups is 1. The van der Waals surface area contributed by atoms with Crippen LogP contribution in [0.15, 0.2) is 70.4 Å². The van der Waals surface area contributed by atoms with Gasteiger partial charge in [0.15, 0.2) is 11.0 Å². The highest BCUT2D eigenvalue weighted by atomic mass is 32.2. The highest BCUT2D eigenvalue weighted by Gasteiger charge is 2.27. The molecule has 0 fully saturated rings. The summed E-state index contributed by atoms with van der Waals surface area (Å²) in [6.07, 6.45) is 2.21. The molecular weight excluding hydrogens is 442 g/mol. The molecule has 0 N–H and O–H groups in total. The number of aryl methyl sites for hydroxylation is 1. The van der Waals surface area contributed by atoms with Gasteiger partial charge in [-0.3, -0.25) is 19.5 Å². The Bertz CT molecular complexity index is 1350. The number of amides is 1. The summed E-state index contributed by atoms with van der Waals surface area (Å²) >= 11 is 1.30. The van der Waals surface area contributed by atoms with Gasteiger partial charge in [0.2, 0.25) is 5.91 Å². The number of nitro benzene ring substituents is 1. The molecule has 1 aliphatic heterocycles. The summed E-state index contributed by atoms with van der Waals surface area (Å²) < 4.78 is 7.36. The number of nitro groups is 1. The van der Waals surface area contributed by atoms with Gasteiger partial charge in [-0.2, -0.15) is 0 Å². The van der Waals surface area contributed by atoms with E-state index in [1.807, 2.05) is 47.9 Å². The smallest absolute Gasteiger partial charge is 0.269 e. The first-order valence-electron chi connectivity index (χ1n) is 10.3. The van der Waals surface area contributed by atoms with Crippen molar-refractivity contribution in [2.24, 2.45) is 0 Å². The first kappa shape index (κ1) is 21.0. The summed E-state index contributed by atoms with van der Waals surface area (Å²) in [5, 5.41) is 20.4. The van der Waals surface area contributed by atoms with E-state index in [9.17, 15) is 14.9 Å². The van der Waals surface area contributed by atoms with Gasteiger partial charge < -0.3 is 9.32 Å². The average molecular weight is 462 g/mol. The summed E-state index contributed by atoms with van der Waals surface area (Å²) in [4.78, 5) is 25.3. The number of furan rings is 1.